The van der Waals surface area contributed by atoms with E-state index in [0.717, 1.165) is 15.6 Å². The highest BCUT2D eigenvalue weighted by Gasteiger charge is 2.23. The van der Waals surface area contributed by atoms with Crippen LogP contribution in [0.5, 0.6) is 0 Å². The summed E-state index contributed by atoms with van der Waals surface area (Å²) in [5.41, 5.74) is 6.83. The minimum atomic E-state index is -3.69. The van der Waals surface area contributed by atoms with Crippen LogP contribution in [0.2, 0.25) is 0 Å². The van der Waals surface area contributed by atoms with Gasteiger partial charge in [-0.05, 0) is 39.0 Å². The van der Waals surface area contributed by atoms with E-state index < -0.39 is 10.0 Å². The summed E-state index contributed by atoms with van der Waals surface area (Å²) in [6.45, 7) is 5.57. The third kappa shape index (κ3) is 3.63. The van der Waals surface area contributed by atoms with Gasteiger partial charge >= 0.3 is 0 Å². The van der Waals surface area contributed by atoms with Gasteiger partial charge in [0.25, 0.3) is 0 Å². The van der Waals surface area contributed by atoms with E-state index in [2.05, 4.69) is 25.6 Å². The number of nitrogen functional groups attached to an aromatic ring is 1. The molecule has 114 valence electrons. The third-order valence-electron chi connectivity index (χ3n) is 2.93. The SMILES string of the molecule is Cc1nc(C)c(C(C)NS(=O)(=O)c2cc(Br)ccc2N)s1. The van der Waals surface area contributed by atoms with Crippen LogP contribution in [0.4, 0.5) is 5.69 Å². The molecule has 1 unspecified atom stereocenters. The molecule has 1 heterocycles. The monoisotopic (exact) mass is 389 g/mol. The Hall–Kier alpha value is -0.960. The highest BCUT2D eigenvalue weighted by Crippen LogP contribution is 2.28. The molecule has 3 N–H and O–H groups in total. The summed E-state index contributed by atoms with van der Waals surface area (Å²) in [6.07, 6.45) is 0. The van der Waals surface area contributed by atoms with Crippen molar-refractivity contribution in [2.45, 2.75) is 31.7 Å². The highest BCUT2D eigenvalue weighted by atomic mass is 79.9. The normalized spacial score (nSPS) is 13.3. The van der Waals surface area contributed by atoms with E-state index in [1.807, 2.05) is 13.8 Å². The summed E-state index contributed by atoms with van der Waals surface area (Å²) in [5, 5.41) is 0.913. The van der Waals surface area contributed by atoms with Crippen molar-refractivity contribution in [1.82, 2.24) is 9.71 Å². The molecule has 2 rings (SSSR count). The second-order valence-electron chi connectivity index (χ2n) is 4.71. The smallest absolute Gasteiger partial charge is 0.243 e. The zero-order chi connectivity index (χ0) is 15.8. The van der Waals surface area contributed by atoms with Crippen LogP contribution in [-0.4, -0.2) is 13.4 Å². The highest BCUT2D eigenvalue weighted by molar-refractivity contribution is 9.10. The Morgan fingerprint density at radius 1 is 1.38 bits per heavy atom. The summed E-state index contributed by atoms with van der Waals surface area (Å²) >= 11 is 4.75. The van der Waals surface area contributed by atoms with Gasteiger partial charge in [0.05, 0.1) is 22.4 Å². The maximum absolute atomic E-state index is 12.5. The summed E-state index contributed by atoms with van der Waals surface area (Å²) in [4.78, 5) is 5.30. The fraction of sp³-hybridized carbons (Fsp3) is 0.308. The van der Waals surface area contributed by atoms with Crippen LogP contribution in [0.1, 0.15) is 28.5 Å². The Morgan fingerprint density at radius 3 is 2.62 bits per heavy atom. The summed E-state index contributed by atoms with van der Waals surface area (Å²) in [5.74, 6) is 0. The molecule has 1 atom stereocenters. The van der Waals surface area contributed by atoms with Gasteiger partial charge in [-0.2, -0.15) is 0 Å². The lowest BCUT2D eigenvalue weighted by Crippen LogP contribution is -2.27. The number of benzene rings is 1. The molecule has 0 radical (unpaired) electrons. The van der Waals surface area contributed by atoms with Crippen LogP contribution >= 0.6 is 27.3 Å². The molecule has 8 heteroatoms. The molecule has 0 bridgehead atoms. The zero-order valence-corrected chi connectivity index (χ0v) is 15.1. The third-order valence-corrected chi connectivity index (χ3v) is 6.28. The molecule has 1 aromatic heterocycles. The van der Waals surface area contributed by atoms with Crippen molar-refractivity contribution in [3.8, 4) is 0 Å². The number of sulfonamides is 1. The topological polar surface area (TPSA) is 85.1 Å². The van der Waals surface area contributed by atoms with E-state index in [-0.39, 0.29) is 16.6 Å². The number of nitrogens with zero attached hydrogens (tertiary/aromatic N) is 1. The number of thiazole rings is 1. The summed E-state index contributed by atoms with van der Waals surface area (Å²) < 4.78 is 28.3. The van der Waals surface area contributed by atoms with E-state index in [0.29, 0.717) is 4.47 Å². The Balaban J connectivity index is 2.33. The Bertz CT molecular complexity index is 772. The molecule has 0 fully saturated rings. The number of halogens is 1. The van der Waals surface area contributed by atoms with Crippen molar-refractivity contribution >= 4 is 43.0 Å². The molecular formula is C13H16BrN3O2S2. The number of aromatic nitrogens is 1. The van der Waals surface area contributed by atoms with Crippen LogP contribution in [0.15, 0.2) is 27.6 Å². The van der Waals surface area contributed by atoms with Gasteiger partial charge in [-0.1, -0.05) is 15.9 Å². The molecule has 5 nitrogen and oxygen atoms in total. The van der Waals surface area contributed by atoms with Gasteiger partial charge in [0.1, 0.15) is 4.90 Å². The lowest BCUT2D eigenvalue weighted by atomic mass is 10.2. The fourth-order valence-electron chi connectivity index (χ4n) is 2.04. The predicted octanol–water partition coefficient (Wildman–Crippen LogP) is 3.14. The Morgan fingerprint density at radius 2 is 2.05 bits per heavy atom. The fourth-order valence-corrected chi connectivity index (χ4v) is 4.93. The summed E-state index contributed by atoms with van der Waals surface area (Å²) in [7, 11) is -3.69. The van der Waals surface area contributed by atoms with Crippen molar-refractivity contribution in [3.05, 3.63) is 38.3 Å². The van der Waals surface area contributed by atoms with E-state index in [4.69, 9.17) is 5.73 Å². The first-order chi connectivity index (χ1) is 9.70. The molecule has 0 aliphatic heterocycles. The standard InChI is InChI=1S/C13H16BrN3O2S2/c1-7-13(20-9(3)16-7)8(2)17-21(18,19)12-6-10(14)4-5-11(12)15/h4-6,8,17H,15H2,1-3H3. The molecule has 0 amide bonds. The van der Waals surface area contributed by atoms with Crippen molar-refractivity contribution in [1.29, 1.82) is 0 Å². The molecule has 0 spiro atoms. The average Bonchev–Trinajstić information content (AvgIpc) is 2.71. The largest absolute Gasteiger partial charge is 0.398 e. The predicted molar refractivity (Wildman–Crippen MR) is 88.9 cm³/mol. The average molecular weight is 390 g/mol. The van der Waals surface area contributed by atoms with Gasteiger partial charge in [0.2, 0.25) is 10.0 Å². The molecule has 21 heavy (non-hydrogen) atoms. The molecule has 2 aromatic rings. The molecule has 0 saturated heterocycles. The van der Waals surface area contributed by atoms with Crippen LogP contribution < -0.4 is 10.5 Å². The first kappa shape index (κ1) is 16.4. The van der Waals surface area contributed by atoms with Crippen molar-refractivity contribution in [3.63, 3.8) is 0 Å². The lowest BCUT2D eigenvalue weighted by Gasteiger charge is -2.15. The van der Waals surface area contributed by atoms with Gasteiger partial charge in [-0.3, -0.25) is 0 Å². The number of nitrogens with two attached hydrogens (primary N) is 1. The number of anilines is 1. The van der Waals surface area contributed by atoms with Crippen LogP contribution in [0, 0.1) is 13.8 Å². The first-order valence-corrected chi connectivity index (χ1v) is 9.31. The number of rotatable bonds is 4. The molecule has 0 saturated carbocycles. The van der Waals surface area contributed by atoms with E-state index in [1.54, 1.807) is 19.1 Å². The first-order valence-electron chi connectivity index (χ1n) is 6.22. The van der Waals surface area contributed by atoms with Gasteiger partial charge in [-0.15, -0.1) is 11.3 Å². The maximum atomic E-state index is 12.5. The lowest BCUT2D eigenvalue weighted by molar-refractivity contribution is 0.568. The number of hydrogen-bond donors (Lipinski definition) is 2. The maximum Gasteiger partial charge on any atom is 0.243 e. The zero-order valence-electron chi connectivity index (χ0n) is 11.8. The van der Waals surface area contributed by atoms with E-state index in [1.165, 1.54) is 17.4 Å². The van der Waals surface area contributed by atoms with Gasteiger partial charge < -0.3 is 5.73 Å². The van der Waals surface area contributed by atoms with Crippen LogP contribution in [0.25, 0.3) is 0 Å². The van der Waals surface area contributed by atoms with Gasteiger partial charge in [0.15, 0.2) is 0 Å². The number of hydrogen-bond acceptors (Lipinski definition) is 5. The quantitative estimate of drug-likeness (QED) is 0.786. The molecular weight excluding hydrogens is 374 g/mol. The number of nitrogens with one attached hydrogen (secondary N) is 1. The molecule has 0 aliphatic rings. The minimum Gasteiger partial charge on any atom is -0.398 e. The minimum absolute atomic E-state index is 0.0719. The second kappa shape index (κ2) is 6.04. The molecule has 0 aliphatic carbocycles. The molecule has 1 aromatic carbocycles. The van der Waals surface area contributed by atoms with Gasteiger partial charge in [0, 0.05) is 9.35 Å². The van der Waals surface area contributed by atoms with Crippen molar-refractivity contribution < 1.29 is 8.42 Å². The Kier molecular flexibility index (Phi) is 4.72. The summed E-state index contributed by atoms with van der Waals surface area (Å²) in [6, 6.07) is 4.40. The van der Waals surface area contributed by atoms with E-state index in [9.17, 15) is 8.42 Å². The second-order valence-corrected chi connectivity index (χ2v) is 8.54. The number of aryl methyl sites for hydroxylation is 2. The van der Waals surface area contributed by atoms with Gasteiger partial charge in [-0.25, -0.2) is 18.1 Å². The van der Waals surface area contributed by atoms with Crippen LogP contribution in [-0.2, 0) is 10.0 Å². The van der Waals surface area contributed by atoms with Crippen molar-refractivity contribution in [2.75, 3.05) is 5.73 Å². The van der Waals surface area contributed by atoms with E-state index >= 15 is 0 Å². The van der Waals surface area contributed by atoms with Crippen molar-refractivity contribution in [2.24, 2.45) is 0 Å². The Labute approximate surface area is 136 Å². The van der Waals surface area contributed by atoms with Crippen LogP contribution in [0.3, 0.4) is 0 Å².